The smallest absolute Gasteiger partial charge is 0.214 e. The topological polar surface area (TPSA) is 71.5 Å². The summed E-state index contributed by atoms with van der Waals surface area (Å²) < 4.78 is 32.3. The van der Waals surface area contributed by atoms with Gasteiger partial charge in [0.1, 0.15) is 0 Å². The van der Waals surface area contributed by atoms with Crippen LogP contribution in [0.15, 0.2) is 11.6 Å². The Morgan fingerprint density at radius 3 is 3.18 bits per heavy atom. The number of anilines is 1. The summed E-state index contributed by atoms with van der Waals surface area (Å²) in [7, 11) is -3.14. The van der Waals surface area contributed by atoms with E-state index in [1.165, 1.54) is 0 Å². The molecule has 0 saturated carbocycles. The minimum Gasteiger partial charge on any atom is -0.371 e. The molecule has 3 heterocycles. The van der Waals surface area contributed by atoms with Crippen LogP contribution in [-0.4, -0.2) is 54.8 Å². The maximum Gasteiger partial charge on any atom is 0.214 e. The van der Waals surface area contributed by atoms with Gasteiger partial charge in [0.25, 0.3) is 0 Å². The highest BCUT2D eigenvalue weighted by Gasteiger charge is 2.45. The standard InChI is InChI=1S/C14H23N3O3S2/c1-2-8-22(18,19)17-6-3-4-14(11-17)9-12(10-20-14)16-13-15-5-7-21-13/h5,7,12H,2-4,6,8-11H2,1H3,(H,15,16)/t12-,14-/m0/s1. The number of piperidine rings is 1. The molecule has 22 heavy (non-hydrogen) atoms. The highest BCUT2D eigenvalue weighted by atomic mass is 32.2. The van der Waals surface area contributed by atoms with Gasteiger partial charge >= 0.3 is 0 Å². The van der Waals surface area contributed by atoms with Crippen molar-refractivity contribution in [3.63, 3.8) is 0 Å². The molecule has 1 aromatic rings. The number of rotatable bonds is 5. The molecule has 0 bridgehead atoms. The van der Waals surface area contributed by atoms with Crippen LogP contribution in [-0.2, 0) is 14.8 Å². The van der Waals surface area contributed by atoms with E-state index in [9.17, 15) is 8.42 Å². The van der Waals surface area contributed by atoms with Crippen LogP contribution in [0.25, 0.3) is 0 Å². The second-order valence-corrected chi connectivity index (χ2v) is 9.11. The molecular formula is C14H23N3O3S2. The van der Waals surface area contributed by atoms with Crippen LogP contribution < -0.4 is 5.32 Å². The van der Waals surface area contributed by atoms with Crippen molar-refractivity contribution in [2.24, 2.45) is 0 Å². The van der Waals surface area contributed by atoms with Crippen molar-refractivity contribution >= 4 is 26.5 Å². The number of aromatic nitrogens is 1. The van der Waals surface area contributed by atoms with E-state index in [2.05, 4.69) is 10.3 Å². The third kappa shape index (κ3) is 3.45. The third-order valence-corrected chi connectivity index (χ3v) is 7.06. The molecule has 2 atom stereocenters. The predicted octanol–water partition coefficient (Wildman–Crippen LogP) is 1.92. The van der Waals surface area contributed by atoms with Gasteiger partial charge in [0.2, 0.25) is 10.0 Å². The van der Waals surface area contributed by atoms with E-state index in [-0.39, 0.29) is 17.4 Å². The van der Waals surface area contributed by atoms with Gasteiger partial charge in [0.15, 0.2) is 5.13 Å². The second kappa shape index (κ2) is 6.43. The van der Waals surface area contributed by atoms with Crippen molar-refractivity contribution in [2.75, 3.05) is 30.8 Å². The van der Waals surface area contributed by atoms with Gasteiger partial charge in [-0.3, -0.25) is 0 Å². The van der Waals surface area contributed by atoms with E-state index in [4.69, 9.17) is 4.74 Å². The van der Waals surface area contributed by atoms with E-state index in [0.717, 1.165) is 24.4 Å². The first-order valence-electron chi connectivity index (χ1n) is 7.81. The van der Waals surface area contributed by atoms with Crippen molar-refractivity contribution in [3.05, 3.63) is 11.6 Å². The average molecular weight is 345 g/mol. The molecule has 2 aliphatic rings. The Labute approximate surface area is 135 Å². The van der Waals surface area contributed by atoms with Gasteiger partial charge < -0.3 is 10.1 Å². The Kier molecular flexibility index (Phi) is 4.72. The monoisotopic (exact) mass is 345 g/mol. The van der Waals surface area contributed by atoms with E-state index >= 15 is 0 Å². The highest BCUT2D eigenvalue weighted by Crippen LogP contribution is 2.36. The average Bonchev–Trinajstić information content (AvgIpc) is 3.10. The highest BCUT2D eigenvalue weighted by molar-refractivity contribution is 7.89. The molecule has 0 radical (unpaired) electrons. The zero-order valence-corrected chi connectivity index (χ0v) is 14.5. The van der Waals surface area contributed by atoms with Gasteiger partial charge in [0.05, 0.1) is 24.0 Å². The lowest BCUT2D eigenvalue weighted by Crippen LogP contribution is -2.50. The molecule has 2 fully saturated rings. The largest absolute Gasteiger partial charge is 0.371 e. The number of nitrogens with zero attached hydrogens (tertiary/aromatic N) is 2. The van der Waals surface area contributed by atoms with Crippen molar-refractivity contribution in [2.45, 2.75) is 44.2 Å². The summed E-state index contributed by atoms with van der Waals surface area (Å²) in [6.07, 6.45) is 5.07. The van der Waals surface area contributed by atoms with Crippen LogP contribution >= 0.6 is 11.3 Å². The second-order valence-electron chi connectivity index (χ2n) is 6.13. The fraction of sp³-hybridized carbons (Fsp3) is 0.786. The number of ether oxygens (including phenoxy) is 1. The fourth-order valence-electron chi connectivity index (χ4n) is 3.37. The molecule has 8 heteroatoms. The summed E-state index contributed by atoms with van der Waals surface area (Å²) in [5.74, 6) is 0.226. The van der Waals surface area contributed by atoms with Crippen LogP contribution in [0.5, 0.6) is 0 Å². The predicted molar refractivity (Wildman–Crippen MR) is 87.7 cm³/mol. The van der Waals surface area contributed by atoms with Crippen molar-refractivity contribution in [1.82, 2.24) is 9.29 Å². The fourth-order valence-corrected chi connectivity index (χ4v) is 5.59. The normalized spacial score (nSPS) is 30.0. The maximum absolute atomic E-state index is 12.3. The van der Waals surface area contributed by atoms with E-state index in [0.29, 0.717) is 26.1 Å². The zero-order chi connectivity index (χ0) is 15.6. The van der Waals surface area contributed by atoms with Gasteiger partial charge in [-0.1, -0.05) is 6.92 Å². The zero-order valence-electron chi connectivity index (χ0n) is 12.8. The van der Waals surface area contributed by atoms with Gasteiger partial charge in [-0.05, 0) is 19.3 Å². The molecule has 0 amide bonds. The summed E-state index contributed by atoms with van der Waals surface area (Å²) in [6, 6.07) is 0.208. The molecule has 1 spiro atoms. The number of nitrogens with one attached hydrogen (secondary N) is 1. The molecule has 0 aromatic carbocycles. The number of sulfonamides is 1. The SMILES string of the molecule is CCCS(=O)(=O)N1CCC[C@]2(C[C@H](Nc3nccs3)CO2)C1. The van der Waals surface area contributed by atoms with Crippen LogP contribution in [0.4, 0.5) is 5.13 Å². The first kappa shape index (κ1) is 16.2. The van der Waals surface area contributed by atoms with Gasteiger partial charge in [0, 0.05) is 31.1 Å². The molecule has 1 N–H and O–H groups in total. The Morgan fingerprint density at radius 1 is 1.59 bits per heavy atom. The molecule has 124 valence electrons. The lowest BCUT2D eigenvalue weighted by atomic mass is 9.90. The lowest BCUT2D eigenvalue weighted by Gasteiger charge is -2.39. The summed E-state index contributed by atoms with van der Waals surface area (Å²) in [5, 5.41) is 6.22. The Bertz CT molecular complexity index is 590. The molecule has 2 aliphatic heterocycles. The first-order chi connectivity index (χ1) is 10.5. The molecule has 6 nitrogen and oxygen atoms in total. The van der Waals surface area contributed by atoms with Crippen molar-refractivity contribution < 1.29 is 13.2 Å². The summed E-state index contributed by atoms with van der Waals surface area (Å²) in [5.41, 5.74) is -0.325. The molecule has 1 aromatic heterocycles. The summed E-state index contributed by atoms with van der Waals surface area (Å²) in [4.78, 5) is 4.24. The Hall–Kier alpha value is -0.700. The van der Waals surface area contributed by atoms with E-state index in [1.807, 2.05) is 12.3 Å². The van der Waals surface area contributed by atoms with Gasteiger partial charge in [-0.25, -0.2) is 13.4 Å². The first-order valence-corrected chi connectivity index (χ1v) is 10.3. The van der Waals surface area contributed by atoms with Crippen LogP contribution in [0.1, 0.15) is 32.6 Å². The van der Waals surface area contributed by atoms with E-state index < -0.39 is 10.0 Å². The minimum absolute atomic E-state index is 0.208. The Balaban J connectivity index is 1.64. The molecule has 0 unspecified atom stereocenters. The minimum atomic E-state index is -3.14. The molecule has 3 rings (SSSR count). The van der Waals surface area contributed by atoms with Crippen LogP contribution in [0, 0.1) is 0 Å². The van der Waals surface area contributed by atoms with Gasteiger partial charge in [-0.2, -0.15) is 4.31 Å². The van der Waals surface area contributed by atoms with Gasteiger partial charge in [-0.15, -0.1) is 11.3 Å². The third-order valence-electron chi connectivity index (χ3n) is 4.33. The number of hydrogen-bond donors (Lipinski definition) is 1. The van der Waals surface area contributed by atoms with Crippen LogP contribution in [0.3, 0.4) is 0 Å². The Morgan fingerprint density at radius 2 is 2.45 bits per heavy atom. The molecular weight excluding hydrogens is 322 g/mol. The van der Waals surface area contributed by atoms with E-state index in [1.54, 1.807) is 21.8 Å². The number of thiazole rings is 1. The summed E-state index contributed by atoms with van der Waals surface area (Å²) in [6.45, 7) is 3.63. The molecule has 2 saturated heterocycles. The lowest BCUT2D eigenvalue weighted by molar-refractivity contribution is -0.0329. The number of hydrogen-bond acceptors (Lipinski definition) is 6. The van der Waals surface area contributed by atoms with Crippen LogP contribution in [0.2, 0.25) is 0 Å². The summed E-state index contributed by atoms with van der Waals surface area (Å²) >= 11 is 1.57. The molecule has 0 aliphatic carbocycles. The van der Waals surface area contributed by atoms with Crippen molar-refractivity contribution in [1.29, 1.82) is 0 Å². The maximum atomic E-state index is 12.3. The van der Waals surface area contributed by atoms with Crippen molar-refractivity contribution in [3.8, 4) is 0 Å². The quantitative estimate of drug-likeness (QED) is 0.883.